The molecule has 0 saturated carbocycles. The molecule has 0 spiro atoms. The van der Waals surface area contributed by atoms with Crippen LogP contribution in [0.2, 0.25) is 0 Å². The molecule has 0 aliphatic heterocycles. The van der Waals surface area contributed by atoms with Gasteiger partial charge in [-0.15, -0.1) is 0 Å². The van der Waals surface area contributed by atoms with E-state index in [9.17, 15) is 5.11 Å². The van der Waals surface area contributed by atoms with Crippen LogP contribution in [0.1, 0.15) is 57.4 Å². The molecule has 0 aliphatic rings. The highest BCUT2D eigenvalue weighted by molar-refractivity contribution is 7.15. The number of hydrogen-bond acceptors (Lipinski definition) is 4. The van der Waals surface area contributed by atoms with E-state index in [0.29, 0.717) is 0 Å². The fourth-order valence-corrected chi connectivity index (χ4v) is 2.52. The Morgan fingerprint density at radius 3 is 2.29 bits per heavy atom. The summed E-state index contributed by atoms with van der Waals surface area (Å²) in [5.41, 5.74) is 0. The molecular weight excluding hydrogens is 232 g/mol. The molecular formula is C13H24N2OS. The van der Waals surface area contributed by atoms with Crippen LogP contribution in [0, 0.1) is 0 Å². The Morgan fingerprint density at radius 2 is 1.88 bits per heavy atom. The fraction of sp³-hybridized carbons (Fsp3) is 0.769. The maximum absolute atomic E-state index is 9.52. The third kappa shape index (κ3) is 4.64. The van der Waals surface area contributed by atoms with Crippen molar-refractivity contribution in [3.8, 4) is 0 Å². The van der Waals surface area contributed by atoms with E-state index < -0.39 is 6.10 Å². The van der Waals surface area contributed by atoms with Gasteiger partial charge in [-0.1, -0.05) is 38.0 Å². The molecule has 1 aromatic rings. The SMILES string of the molecule is CCCCN(CCCC)c1ncc(C(C)O)s1. The van der Waals surface area contributed by atoms with E-state index in [-0.39, 0.29) is 0 Å². The largest absolute Gasteiger partial charge is 0.388 e. The normalized spacial score (nSPS) is 12.7. The molecule has 0 aliphatic carbocycles. The van der Waals surface area contributed by atoms with E-state index in [1.54, 1.807) is 24.5 Å². The molecule has 1 N–H and O–H groups in total. The highest BCUT2D eigenvalue weighted by atomic mass is 32.1. The van der Waals surface area contributed by atoms with Gasteiger partial charge in [-0.3, -0.25) is 0 Å². The van der Waals surface area contributed by atoms with Crippen LogP contribution in [0.15, 0.2) is 6.20 Å². The van der Waals surface area contributed by atoms with Crippen LogP contribution in [0.4, 0.5) is 5.13 Å². The summed E-state index contributed by atoms with van der Waals surface area (Å²) in [5, 5.41) is 10.6. The third-order valence-corrected chi connectivity index (χ3v) is 3.99. The maximum atomic E-state index is 9.52. The van der Waals surface area contributed by atoms with Crippen molar-refractivity contribution in [3.05, 3.63) is 11.1 Å². The zero-order valence-electron chi connectivity index (χ0n) is 11.1. The second-order valence-electron chi connectivity index (χ2n) is 4.42. The summed E-state index contributed by atoms with van der Waals surface area (Å²) in [6.45, 7) is 8.36. The van der Waals surface area contributed by atoms with Gasteiger partial charge in [0.15, 0.2) is 5.13 Å². The minimum absolute atomic E-state index is 0.402. The van der Waals surface area contributed by atoms with Gasteiger partial charge in [-0.2, -0.15) is 0 Å². The summed E-state index contributed by atoms with van der Waals surface area (Å²) in [5.74, 6) is 0. The van der Waals surface area contributed by atoms with Crippen molar-refractivity contribution in [2.45, 2.75) is 52.6 Å². The molecule has 0 saturated heterocycles. The Kier molecular flexibility index (Phi) is 6.52. The average molecular weight is 256 g/mol. The first kappa shape index (κ1) is 14.5. The Hall–Kier alpha value is -0.610. The number of rotatable bonds is 8. The zero-order valence-corrected chi connectivity index (χ0v) is 12.0. The van der Waals surface area contributed by atoms with Crippen molar-refractivity contribution in [2.24, 2.45) is 0 Å². The lowest BCUT2D eigenvalue weighted by Gasteiger charge is -2.21. The van der Waals surface area contributed by atoms with E-state index >= 15 is 0 Å². The number of hydrogen-bond donors (Lipinski definition) is 1. The second kappa shape index (κ2) is 7.67. The van der Waals surface area contributed by atoms with E-state index in [1.807, 2.05) is 0 Å². The van der Waals surface area contributed by atoms with Gasteiger partial charge in [-0.25, -0.2) is 4.98 Å². The lowest BCUT2D eigenvalue weighted by molar-refractivity contribution is 0.203. The monoisotopic (exact) mass is 256 g/mol. The minimum Gasteiger partial charge on any atom is -0.388 e. The van der Waals surface area contributed by atoms with Crippen molar-refractivity contribution in [2.75, 3.05) is 18.0 Å². The number of thiazole rings is 1. The number of aliphatic hydroxyl groups is 1. The van der Waals surface area contributed by atoms with Gasteiger partial charge in [0.05, 0.1) is 11.0 Å². The third-order valence-electron chi connectivity index (χ3n) is 2.76. The molecule has 1 rings (SSSR count). The van der Waals surface area contributed by atoms with Crippen LogP contribution in [-0.2, 0) is 0 Å². The predicted octanol–water partition coefficient (Wildman–Crippen LogP) is 3.60. The second-order valence-corrected chi connectivity index (χ2v) is 5.46. The maximum Gasteiger partial charge on any atom is 0.185 e. The zero-order chi connectivity index (χ0) is 12.7. The Morgan fingerprint density at radius 1 is 1.29 bits per heavy atom. The van der Waals surface area contributed by atoms with E-state index in [2.05, 4.69) is 23.7 Å². The van der Waals surface area contributed by atoms with Gasteiger partial charge < -0.3 is 10.0 Å². The molecule has 3 nitrogen and oxygen atoms in total. The number of aliphatic hydroxyl groups excluding tert-OH is 1. The van der Waals surface area contributed by atoms with Gasteiger partial charge in [-0.05, 0) is 19.8 Å². The summed E-state index contributed by atoms with van der Waals surface area (Å²) in [6, 6.07) is 0. The molecule has 98 valence electrons. The molecule has 4 heteroatoms. The smallest absolute Gasteiger partial charge is 0.185 e. The Labute approximate surface area is 108 Å². The van der Waals surface area contributed by atoms with Crippen molar-refractivity contribution in [1.29, 1.82) is 0 Å². The highest BCUT2D eigenvalue weighted by Gasteiger charge is 2.12. The summed E-state index contributed by atoms with van der Waals surface area (Å²) in [6.07, 6.45) is 6.21. The van der Waals surface area contributed by atoms with Crippen LogP contribution >= 0.6 is 11.3 Å². The van der Waals surface area contributed by atoms with Gasteiger partial charge in [0.25, 0.3) is 0 Å². The molecule has 1 atom stereocenters. The first-order valence-corrected chi connectivity index (χ1v) is 7.39. The van der Waals surface area contributed by atoms with Crippen LogP contribution < -0.4 is 4.90 Å². The van der Waals surface area contributed by atoms with E-state index in [4.69, 9.17) is 0 Å². The topological polar surface area (TPSA) is 36.4 Å². The van der Waals surface area contributed by atoms with Gasteiger partial charge in [0.2, 0.25) is 0 Å². The molecule has 1 aromatic heterocycles. The number of aromatic nitrogens is 1. The van der Waals surface area contributed by atoms with Gasteiger partial charge in [0, 0.05) is 19.3 Å². The number of anilines is 1. The molecule has 17 heavy (non-hydrogen) atoms. The van der Waals surface area contributed by atoms with Crippen LogP contribution in [0.5, 0.6) is 0 Å². The van der Waals surface area contributed by atoms with Crippen molar-refractivity contribution in [1.82, 2.24) is 4.98 Å². The Bertz CT molecular complexity index is 304. The summed E-state index contributed by atoms with van der Waals surface area (Å²) < 4.78 is 0. The van der Waals surface area contributed by atoms with Crippen molar-refractivity contribution in [3.63, 3.8) is 0 Å². The first-order valence-electron chi connectivity index (χ1n) is 6.57. The van der Waals surface area contributed by atoms with Crippen LogP contribution in [0.25, 0.3) is 0 Å². The standard InChI is InChI=1S/C13H24N2OS/c1-4-6-8-15(9-7-5-2)13-14-10-12(17-13)11(3)16/h10-11,16H,4-9H2,1-3H3. The number of nitrogens with zero attached hydrogens (tertiary/aromatic N) is 2. The summed E-state index contributed by atoms with van der Waals surface area (Å²) in [7, 11) is 0. The van der Waals surface area contributed by atoms with Gasteiger partial charge >= 0.3 is 0 Å². The molecule has 0 bridgehead atoms. The van der Waals surface area contributed by atoms with Crippen molar-refractivity contribution < 1.29 is 5.11 Å². The van der Waals surface area contributed by atoms with Crippen molar-refractivity contribution >= 4 is 16.5 Å². The summed E-state index contributed by atoms with van der Waals surface area (Å²) >= 11 is 1.61. The molecule has 0 fully saturated rings. The Balaban J connectivity index is 2.65. The van der Waals surface area contributed by atoms with Crippen LogP contribution in [-0.4, -0.2) is 23.2 Å². The van der Waals surface area contributed by atoms with Crippen LogP contribution in [0.3, 0.4) is 0 Å². The molecule has 0 radical (unpaired) electrons. The molecule has 0 amide bonds. The van der Waals surface area contributed by atoms with E-state index in [1.165, 1.54) is 25.7 Å². The molecule has 1 unspecified atom stereocenters. The highest BCUT2D eigenvalue weighted by Crippen LogP contribution is 2.27. The molecule has 0 aromatic carbocycles. The quantitative estimate of drug-likeness (QED) is 0.772. The average Bonchev–Trinajstić information content (AvgIpc) is 2.79. The molecule has 1 heterocycles. The number of unbranched alkanes of at least 4 members (excludes halogenated alkanes) is 2. The predicted molar refractivity (Wildman–Crippen MR) is 74.8 cm³/mol. The summed E-state index contributed by atoms with van der Waals surface area (Å²) in [4.78, 5) is 7.74. The van der Waals surface area contributed by atoms with Gasteiger partial charge in [0.1, 0.15) is 0 Å². The lowest BCUT2D eigenvalue weighted by Crippen LogP contribution is -2.25. The lowest BCUT2D eigenvalue weighted by atomic mass is 10.3. The fourth-order valence-electron chi connectivity index (χ4n) is 1.62. The minimum atomic E-state index is -0.402. The van der Waals surface area contributed by atoms with E-state index in [0.717, 1.165) is 23.1 Å². The first-order chi connectivity index (χ1) is 8.19.